The fraction of sp³-hybridized carbons (Fsp3) is 0.333. The molecule has 128 valence electrons. The summed E-state index contributed by atoms with van der Waals surface area (Å²) in [5.74, 6) is -0.0329. The number of hydrogen-bond donors (Lipinski definition) is 2. The SMILES string of the molecule is CN(C(=O)c1ccc(C(=O)c2cc[nH]c2)cc1)C1CCNCC1.Cl. The number of hydrogen-bond acceptors (Lipinski definition) is 3. The van der Waals surface area contributed by atoms with E-state index in [4.69, 9.17) is 0 Å². The molecule has 0 aliphatic carbocycles. The van der Waals surface area contributed by atoms with Crippen molar-refractivity contribution in [3.63, 3.8) is 0 Å². The molecule has 0 atom stereocenters. The van der Waals surface area contributed by atoms with Crippen LogP contribution in [0, 0.1) is 0 Å². The Morgan fingerprint density at radius 1 is 1.00 bits per heavy atom. The van der Waals surface area contributed by atoms with Crippen molar-refractivity contribution in [2.45, 2.75) is 18.9 Å². The first-order valence-corrected chi connectivity index (χ1v) is 7.92. The molecule has 0 unspecified atom stereocenters. The highest BCUT2D eigenvalue weighted by atomic mass is 35.5. The van der Waals surface area contributed by atoms with Crippen LogP contribution in [0.5, 0.6) is 0 Å². The highest BCUT2D eigenvalue weighted by Crippen LogP contribution is 2.16. The van der Waals surface area contributed by atoms with E-state index in [1.54, 1.807) is 42.7 Å². The second-order valence-corrected chi connectivity index (χ2v) is 5.90. The van der Waals surface area contributed by atoms with Gasteiger partial charge in [-0.3, -0.25) is 9.59 Å². The van der Waals surface area contributed by atoms with Crippen LogP contribution >= 0.6 is 12.4 Å². The number of nitrogens with one attached hydrogen (secondary N) is 2. The zero-order chi connectivity index (χ0) is 16.2. The highest BCUT2D eigenvalue weighted by molar-refractivity contribution is 6.09. The smallest absolute Gasteiger partial charge is 0.253 e. The Morgan fingerprint density at radius 3 is 2.21 bits per heavy atom. The van der Waals surface area contributed by atoms with Gasteiger partial charge in [0.15, 0.2) is 5.78 Å². The number of rotatable bonds is 4. The molecule has 0 radical (unpaired) electrons. The van der Waals surface area contributed by atoms with Crippen molar-refractivity contribution in [2.24, 2.45) is 0 Å². The average molecular weight is 348 g/mol. The summed E-state index contributed by atoms with van der Waals surface area (Å²) in [7, 11) is 1.86. The van der Waals surface area contributed by atoms with Gasteiger partial charge in [0.1, 0.15) is 0 Å². The molecule has 0 saturated carbocycles. The Morgan fingerprint density at radius 2 is 1.62 bits per heavy atom. The van der Waals surface area contributed by atoms with Gasteiger partial charge in [-0.15, -0.1) is 12.4 Å². The zero-order valence-electron chi connectivity index (χ0n) is 13.6. The predicted octanol–water partition coefficient (Wildman–Crippen LogP) is 2.49. The van der Waals surface area contributed by atoms with E-state index in [9.17, 15) is 9.59 Å². The van der Waals surface area contributed by atoms with Gasteiger partial charge in [0.25, 0.3) is 5.91 Å². The van der Waals surface area contributed by atoms with Crippen LogP contribution < -0.4 is 5.32 Å². The predicted molar refractivity (Wildman–Crippen MR) is 95.9 cm³/mol. The van der Waals surface area contributed by atoms with Crippen LogP contribution in [0.4, 0.5) is 0 Å². The third-order valence-corrected chi connectivity index (χ3v) is 4.43. The van der Waals surface area contributed by atoms with E-state index in [0.29, 0.717) is 16.7 Å². The molecule has 2 N–H and O–H groups in total. The normalized spacial score (nSPS) is 14.7. The molecule has 1 aliphatic heterocycles. The Kier molecular flexibility index (Phi) is 6.17. The third kappa shape index (κ3) is 3.86. The van der Waals surface area contributed by atoms with Gasteiger partial charge in [0.2, 0.25) is 0 Å². The fourth-order valence-electron chi connectivity index (χ4n) is 2.96. The van der Waals surface area contributed by atoms with Crippen LogP contribution in [0.15, 0.2) is 42.7 Å². The molecule has 1 aliphatic rings. The van der Waals surface area contributed by atoms with Gasteiger partial charge in [-0.1, -0.05) is 12.1 Å². The molecule has 24 heavy (non-hydrogen) atoms. The number of benzene rings is 1. The first-order chi connectivity index (χ1) is 11.2. The molecule has 2 aromatic rings. The van der Waals surface area contributed by atoms with E-state index in [2.05, 4.69) is 10.3 Å². The molecule has 1 amide bonds. The molecule has 2 heterocycles. The minimum Gasteiger partial charge on any atom is -0.367 e. The van der Waals surface area contributed by atoms with Gasteiger partial charge in [-0.25, -0.2) is 0 Å². The molecular weight excluding hydrogens is 326 g/mol. The number of piperidine rings is 1. The van der Waals surface area contributed by atoms with E-state index in [1.807, 2.05) is 11.9 Å². The highest BCUT2D eigenvalue weighted by Gasteiger charge is 2.23. The third-order valence-electron chi connectivity index (χ3n) is 4.43. The lowest BCUT2D eigenvalue weighted by molar-refractivity contribution is 0.0703. The lowest BCUT2D eigenvalue weighted by atomic mass is 10.0. The van der Waals surface area contributed by atoms with Gasteiger partial charge in [-0.2, -0.15) is 0 Å². The maximum Gasteiger partial charge on any atom is 0.253 e. The fourth-order valence-corrected chi connectivity index (χ4v) is 2.96. The minimum atomic E-state index is -0.0445. The number of amides is 1. The Balaban J connectivity index is 0.00000208. The van der Waals surface area contributed by atoms with E-state index < -0.39 is 0 Å². The minimum absolute atomic E-state index is 0. The van der Waals surface area contributed by atoms with Gasteiger partial charge in [0.05, 0.1) is 0 Å². The van der Waals surface area contributed by atoms with Gasteiger partial charge < -0.3 is 15.2 Å². The van der Waals surface area contributed by atoms with Crippen molar-refractivity contribution in [3.8, 4) is 0 Å². The molecule has 0 bridgehead atoms. The summed E-state index contributed by atoms with van der Waals surface area (Å²) in [4.78, 5) is 29.5. The Hall–Kier alpha value is -2.11. The van der Waals surface area contributed by atoms with Crippen molar-refractivity contribution in [1.29, 1.82) is 0 Å². The largest absolute Gasteiger partial charge is 0.367 e. The molecule has 3 rings (SSSR count). The Bertz CT molecular complexity index is 677. The average Bonchev–Trinajstić information content (AvgIpc) is 3.15. The molecular formula is C18H22ClN3O2. The van der Waals surface area contributed by atoms with E-state index in [-0.39, 0.29) is 30.1 Å². The number of carbonyl (C=O) groups is 2. The van der Waals surface area contributed by atoms with Crippen molar-refractivity contribution in [2.75, 3.05) is 20.1 Å². The molecule has 1 aromatic carbocycles. The van der Waals surface area contributed by atoms with E-state index >= 15 is 0 Å². The lowest BCUT2D eigenvalue weighted by Crippen LogP contribution is -2.43. The molecule has 5 nitrogen and oxygen atoms in total. The summed E-state index contributed by atoms with van der Waals surface area (Å²) in [5.41, 5.74) is 1.83. The molecule has 1 saturated heterocycles. The summed E-state index contributed by atoms with van der Waals surface area (Å²) < 4.78 is 0. The topological polar surface area (TPSA) is 65.2 Å². The first-order valence-electron chi connectivity index (χ1n) is 7.92. The first kappa shape index (κ1) is 18.2. The number of H-pyrrole nitrogens is 1. The molecule has 0 spiro atoms. The number of ketones is 1. The maximum atomic E-state index is 12.6. The standard InChI is InChI=1S/C18H21N3O2.ClH/c1-21(16-7-10-19-11-8-16)18(23)14-4-2-13(3-5-14)17(22)15-6-9-20-12-15;/h2-6,9,12,16,19-20H,7-8,10-11H2,1H3;1H. The van der Waals surface area contributed by atoms with Crippen LogP contribution in [0.1, 0.15) is 39.1 Å². The van der Waals surface area contributed by atoms with Gasteiger partial charge >= 0.3 is 0 Å². The van der Waals surface area contributed by atoms with Crippen LogP contribution in [-0.2, 0) is 0 Å². The van der Waals surface area contributed by atoms with Crippen LogP contribution in [0.2, 0.25) is 0 Å². The van der Waals surface area contributed by atoms with E-state index in [1.165, 1.54) is 0 Å². The zero-order valence-corrected chi connectivity index (χ0v) is 14.4. The monoisotopic (exact) mass is 347 g/mol. The van der Waals surface area contributed by atoms with E-state index in [0.717, 1.165) is 25.9 Å². The molecule has 1 aromatic heterocycles. The number of nitrogens with zero attached hydrogens (tertiary/aromatic N) is 1. The summed E-state index contributed by atoms with van der Waals surface area (Å²) in [5, 5.41) is 3.30. The maximum absolute atomic E-state index is 12.6. The molecule has 6 heteroatoms. The van der Waals surface area contributed by atoms with Crippen LogP contribution in [0.25, 0.3) is 0 Å². The van der Waals surface area contributed by atoms with Crippen molar-refractivity contribution >= 4 is 24.1 Å². The number of aromatic nitrogens is 1. The van der Waals surface area contributed by atoms with Crippen LogP contribution in [0.3, 0.4) is 0 Å². The summed E-state index contributed by atoms with van der Waals surface area (Å²) >= 11 is 0. The summed E-state index contributed by atoms with van der Waals surface area (Å²) in [6.45, 7) is 1.90. The van der Waals surface area contributed by atoms with Gasteiger partial charge in [-0.05, 0) is 44.1 Å². The van der Waals surface area contributed by atoms with Crippen molar-refractivity contribution < 1.29 is 9.59 Å². The van der Waals surface area contributed by atoms with Crippen LogP contribution in [-0.4, -0.2) is 47.8 Å². The number of aromatic amines is 1. The second-order valence-electron chi connectivity index (χ2n) is 5.90. The Labute approximate surface area is 147 Å². The molecule has 1 fully saturated rings. The summed E-state index contributed by atoms with van der Waals surface area (Å²) in [6, 6.07) is 8.94. The quantitative estimate of drug-likeness (QED) is 0.835. The number of carbonyl (C=O) groups excluding carboxylic acids is 2. The van der Waals surface area contributed by atoms with Gasteiger partial charge in [0, 0.05) is 42.2 Å². The number of halogens is 1. The van der Waals surface area contributed by atoms with Crippen molar-refractivity contribution in [1.82, 2.24) is 15.2 Å². The van der Waals surface area contributed by atoms with Crippen molar-refractivity contribution in [3.05, 3.63) is 59.4 Å². The lowest BCUT2D eigenvalue weighted by Gasteiger charge is -2.31. The second kappa shape index (κ2) is 8.13. The summed E-state index contributed by atoms with van der Waals surface area (Å²) in [6.07, 6.45) is 5.35.